The van der Waals surface area contributed by atoms with E-state index in [4.69, 9.17) is 5.73 Å². The molecule has 3 rings (SSSR count). The van der Waals surface area contributed by atoms with Crippen LogP contribution < -0.4 is 16.4 Å². The van der Waals surface area contributed by atoms with E-state index < -0.39 is 29.9 Å². The Morgan fingerprint density at radius 2 is 1.67 bits per heavy atom. The molecule has 0 unspecified atom stereocenters. The molecule has 1 fully saturated rings. The lowest BCUT2D eigenvalue weighted by Gasteiger charge is -2.26. The minimum absolute atomic E-state index is 0.143. The van der Waals surface area contributed by atoms with Gasteiger partial charge in [0.25, 0.3) is 11.8 Å². The number of carbonyl (C=O) groups is 4. The van der Waals surface area contributed by atoms with Crippen LogP contribution in [0.2, 0.25) is 0 Å². The molecule has 0 aliphatic carbocycles. The van der Waals surface area contributed by atoms with Gasteiger partial charge in [-0.05, 0) is 43.0 Å². The van der Waals surface area contributed by atoms with Crippen LogP contribution in [-0.2, 0) is 23.7 Å². The van der Waals surface area contributed by atoms with Gasteiger partial charge in [0.1, 0.15) is 23.5 Å². The fourth-order valence-corrected chi connectivity index (χ4v) is 4.19. The second-order valence-corrected chi connectivity index (χ2v) is 8.98. The summed E-state index contributed by atoms with van der Waals surface area (Å²) in [7, 11) is 3.52. The summed E-state index contributed by atoms with van der Waals surface area (Å²) < 4.78 is 3.38. The van der Waals surface area contributed by atoms with E-state index >= 15 is 0 Å². The minimum atomic E-state index is -0.847. The zero-order chi connectivity index (χ0) is 24.3. The number of aryl methyl sites for hydroxylation is 2. The van der Waals surface area contributed by atoms with Gasteiger partial charge < -0.3 is 30.4 Å². The maximum Gasteiger partial charge on any atom is 0.271 e. The van der Waals surface area contributed by atoms with Crippen molar-refractivity contribution in [2.45, 2.75) is 44.8 Å². The number of primary amides is 1. The molecule has 0 saturated carbocycles. The Balaban J connectivity index is 1.81. The number of hydrogen-bond donors (Lipinski definition) is 3. The van der Waals surface area contributed by atoms with E-state index in [0.29, 0.717) is 17.8 Å². The summed E-state index contributed by atoms with van der Waals surface area (Å²) in [6.45, 7) is 4.03. The summed E-state index contributed by atoms with van der Waals surface area (Å²) in [6, 6.07) is 4.79. The highest BCUT2D eigenvalue weighted by Crippen LogP contribution is 2.22. The fourth-order valence-electron chi connectivity index (χ4n) is 4.19. The second kappa shape index (κ2) is 9.93. The van der Waals surface area contributed by atoms with Gasteiger partial charge in [0.05, 0.1) is 0 Å². The molecule has 1 aliphatic rings. The molecule has 4 N–H and O–H groups in total. The van der Waals surface area contributed by atoms with E-state index in [1.165, 1.54) is 4.90 Å². The topological polar surface area (TPSA) is 131 Å². The van der Waals surface area contributed by atoms with Crippen molar-refractivity contribution in [3.05, 3.63) is 48.0 Å². The van der Waals surface area contributed by atoms with Crippen molar-refractivity contribution in [1.29, 1.82) is 0 Å². The Kier molecular flexibility index (Phi) is 7.25. The maximum absolute atomic E-state index is 13.3. The molecule has 0 aromatic carbocycles. The van der Waals surface area contributed by atoms with Gasteiger partial charge in [0, 0.05) is 39.1 Å². The van der Waals surface area contributed by atoms with E-state index in [9.17, 15) is 19.2 Å². The highest BCUT2D eigenvalue weighted by Gasteiger charge is 2.42. The molecule has 10 heteroatoms. The molecule has 4 amide bonds. The van der Waals surface area contributed by atoms with Crippen LogP contribution >= 0.6 is 0 Å². The fraction of sp³-hybridized carbons (Fsp3) is 0.478. The normalized spacial score (nSPS) is 18.9. The quantitative estimate of drug-likeness (QED) is 0.530. The second-order valence-electron chi connectivity index (χ2n) is 8.98. The molecule has 10 nitrogen and oxygen atoms in total. The zero-order valence-electron chi connectivity index (χ0n) is 19.4. The first kappa shape index (κ1) is 24.1. The van der Waals surface area contributed by atoms with Crippen molar-refractivity contribution in [1.82, 2.24) is 24.7 Å². The van der Waals surface area contributed by atoms with Gasteiger partial charge in [-0.25, -0.2) is 0 Å². The van der Waals surface area contributed by atoms with Crippen LogP contribution in [0.1, 0.15) is 47.7 Å². The van der Waals surface area contributed by atoms with Crippen molar-refractivity contribution in [3.8, 4) is 0 Å². The van der Waals surface area contributed by atoms with Crippen molar-refractivity contribution < 1.29 is 19.2 Å². The Morgan fingerprint density at radius 1 is 1.06 bits per heavy atom. The van der Waals surface area contributed by atoms with E-state index in [1.54, 1.807) is 59.9 Å². The molecule has 33 heavy (non-hydrogen) atoms. The lowest BCUT2D eigenvalue weighted by atomic mass is 10.0. The molecular weight excluding hydrogens is 424 g/mol. The number of nitrogens with one attached hydrogen (secondary N) is 2. The first-order chi connectivity index (χ1) is 15.6. The standard InChI is InChI=1S/C23H32N6O4/c1-14(2)11-16(20(24)30)26-22(32)19-12-15(25-21(31)17-7-5-9-27(17)3)13-29(19)23(33)18-8-6-10-28(18)4/h5-10,14-16,19H,11-13H2,1-4H3,(H2,24,30)(H,25,31)(H,26,32)/t15-,16-,19-/m0/s1. The molecule has 3 atom stereocenters. The Hall–Kier alpha value is -3.56. The number of hydrogen-bond acceptors (Lipinski definition) is 4. The third-order valence-electron chi connectivity index (χ3n) is 5.91. The molecule has 0 radical (unpaired) electrons. The van der Waals surface area contributed by atoms with Crippen LogP contribution in [0.15, 0.2) is 36.7 Å². The number of likely N-dealkylation sites (tertiary alicyclic amines) is 1. The van der Waals surface area contributed by atoms with E-state index in [1.807, 2.05) is 13.8 Å². The smallest absolute Gasteiger partial charge is 0.271 e. The Morgan fingerprint density at radius 3 is 2.18 bits per heavy atom. The van der Waals surface area contributed by atoms with Crippen molar-refractivity contribution in [3.63, 3.8) is 0 Å². The van der Waals surface area contributed by atoms with E-state index in [0.717, 1.165) is 0 Å². The zero-order valence-corrected chi connectivity index (χ0v) is 19.4. The van der Waals surface area contributed by atoms with Crippen LogP contribution in [0.3, 0.4) is 0 Å². The first-order valence-electron chi connectivity index (χ1n) is 11.0. The molecule has 0 spiro atoms. The molecule has 2 aromatic heterocycles. The molecule has 1 aliphatic heterocycles. The average molecular weight is 457 g/mol. The molecule has 1 saturated heterocycles. The van der Waals surface area contributed by atoms with Gasteiger partial charge in [0.15, 0.2) is 0 Å². The van der Waals surface area contributed by atoms with Crippen LogP contribution in [-0.4, -0.2) is 62.3 Å². The molecule has 0 bridgehead atoms. The van der Waals surface area contributed by atoms with Crippen LogP contribution in [0.25, 0.3) is 0 Å². The first-order valence-corrected chi connectivity index (χ1v) is 11.0. The number of rotatable bonds is 8. The number of carbonyl (C=O) groups excluding carboxylic acids is 4. The molecule has 2 aromatic rings. The summed E-state index contributed by atoms with van der Waals surface area (Å²) in [6.07, 6.45) is 4.14. The summed E-state index contributed by atoms with van der Waals surface area (Å²) in [4.78, 5) is 52.5. The molecule has 3 heterocycles. The van der Waals surface area contributed by atoms with Gasteiger partial charge in [-0.3, -0.25) is 19.2 Å². The highest BCUT2D eigenvalue weighted by molar-refractivity contribution is 5.98. The van der Waals surface area contributed by atoms with Crippen LogP contribution in [0, 0.1) is 5.92 Å². The van der Waals surface area contributed by atoms with Crippen molar-refractivity contribution >= 4 is 23.6 Å². The van der Waals surface area contributed by atoms with Crippen molar-refractivity contribution in [2.75, 3.05) is 6.54 Å². The number of nitrogens with zero attached hydrogens (tertiary/aromatic N) is 3. The third-order valence-corrected chi connectivity index (χ3v) is 5.91. The summed E-state index contributed by atoms with van der Waals surface area (Å²) in [5.74, 6) is -1.54. The summed E-state index contributed by atoms with van der Waals surface area (Å²) >= 11 is 0. The van der Waals surface area contributed by atoms with Gasteiger partial charge in [-0.2, -0.15) is 0 Å². The third kappa shape index (κ3) is 5.44. The largest absolute Gasteiger partial charge is 0.368 e. The number of nitrogens with two attached hydrogens (primary N) is 1. The van der Waals surface area contributed by atoms with Gasteiger partial charge in [-0.1, -0.05) is 13.8 Å². The predicted molar refractivity (Wildman–Crippen MR) is 122 cm³/mol. The molecular formula is C23H32N6O4. The SMILES string of the molecule is CC(C)C[C@H](NC(=O)[C@@H]1C[C@H](NC(=O)c2cccn2C)CN1C(=O)c1cccn1C)C(N)=O. The van der Waals surface area contributed by atoms with Crippen LogP contribution in [0.4, 0.5) is 0 Å². The number of aromatic nitrogens is 2. The molecule has 178 valence electrons. The predicted octanol–water partition coefficient (Wildman–Crippen LogP) is 0.393. The Labute approximate surface area is 193 Å². The monoisotopic (exact) mass is 456 g/mol. The van der Waals surface area contributed by atoms with E-state index in [-0.39, 0.29) is 30.7 Å². The number of amides is 4. The maximum atomic E-state index is 13.3. The minimum Gasteiger partial charge on any atom is -0.368 e. The van der Waals surface area contributed by atoms with Gasteiger partial charge in [-0.15, -0.1) is 0 Å². The summed E-state index contributed by atoms with van der Waals surface area (Å²) in [5, 5.41) is 5.64. The summed E-state index contributed by atoms with van der Waals surface area (Å²) in [5.41, 5.74) is 6.40. The lowest BCUT2D eigenvalue weighted by Crippen LogP contribution is -2.52. The van der Waals surface area contributed by atoms with E-state index in [2.05, 4.69) is 10.6 Å². The lowest BCUT2D eigenvalue weighted by molar-refractivity contribution is -0.130. The average Bonchev–Trinajstić information content (AvgIpc) is 3.46. The highest BCUT2D eigenvalue weighted by atomic mass is 16.2. The van der Waals surface area contributed by atoms with Crippen molar-refractivity contribution in [2.24, 2.45) is 25.7 Å². The van der Waals surface area contributed by atoms with Gasteiger partial charge in [0.2, 0.25) is 11.8 Å². The van der Waals surface area contributed by atoms with Gasteiger partial charge >= 0.3 is 0 Å². The Bertz CT molecular complexity index is 1040. The van der Waals surface area contributed by atoms with Crippen LogP contribution in [0.5, 0.6) is 0 Å².